The van der Waals surface area contributed by atoms with Gasteiger partial charge in [-0.05, 0) is 54.6 Å². The number of fused-ring (bicyclic) bond motifs is 1. The Bertz CT molecular complexity index is 1690. The zero-order chi connectivity index (χ0) is 24.0. The maximum atomic E-state index is 14.7. The van der Waals surface area contributed by atoms with Gasteiger partial charge in [0, 0.05) is 37.7 Å². The minimum atomic E-state index is -3.05. The van der Waals surface area contributed by atoms with Gasteiger partial charge >= 0.3 is 0 Å². The molecule has 0 saturated carbocycles. The lowest BCUT2D eigenvalue weighted by molar-refractivity contribution is 0.427. The van der Waals surface area contributed by atoms with Crippen molar-refractivity contribution in [2.75, 3.05) is 0 Å². The highest BCUT2D eigenvalue weighted by Crippen LogP contribution is 2.36. The maximum Gasteiger partial charge on any atom is 0.123 e. The van der Waals surface area contributed by atoms with Gasteiger partial charge in [-0.2, -0.15) is 5.26 Å². The van der Waals surface area contributed by atoms with Crippen LogP contribution in [0, 0.1) is 18.3 Å². The van der Waals surface area contributed by atoms with E-state index in [9.17, 15) is 13.9 Å². The van der Waals surface area contributed by atoms with Gasteiger partial charge in [-0.1, -0.05) is 51.8 Å². The second-order valence-corrected chi connectivity index (χ2v) is 12.1. The molecule has 170 valence electrons. The minimum Gasteiger partial charge on any atom is -0.263 e. The van der Waals surface area contributed by atoms with Gasteiger partial charge in [-0.15, -0.1) is 11.3 Å². The summed E-state index contributed by atoms with van der Waals surface area (Å²) in [5.74, 6) is 4.20. The molecule has 0 radical (unpaired) electrons. The standard InChI is InChI=1S/C27H20BrFN2OS2/c1-17-6-9-21(10-7-17)34(2,32)31-24-11-8-20(29)15-23(24)26(22-12-13-33-25(22)16-30)27(31)18-4-3-5-19(28)14-18/h3-7,9-15,20H,2,8H2,1H3. The highest BCUT2D eigenvalue weighted by molar-refractivity contribution is 9.10. The van der Waals surface area contributed by atoms with Gasteiger partial charge in [0.25, 0.3) is 0 Å². The maximum absolute atomic E-state index is 14.7. The fraction of sp³-hybridized carbons (Fsp3) is 0.111. The fourth-order valence-corrected chi connectivity index (χ4v) is 7.19. The quantitative estimate of drug-likeness (QED) is 0.307. The highest BCUT2D eigenvalue weighted by atomic mass is 79.9. The summed E-state index contributed by atoms with van der Waals surface area (Å²) >= 11 is 4.88. The molecule has 2 atom stereocenters. The van der Waals surface area contributed by atoms with Crippen LogP contribution in [0.4, 0.5) is 4.39 Å². The van der Waals surface area contributed by atoms with Crippen molar-refractivity contribution >= 4 is 55.0 Å². The van der Waals surface area contributed by atoms with Crippen LogP contribution < -0.4 is 10.6 Å². The second-order valence-electron chi connectivity index (χ2n) is 8.18. The van der Waals surface area contributed by atoms with Gasteiger partial charge in [0.15, 0.2) is 0 Å². The topological polar surface area (TPSA) is 45.8 Å². The number of nitriles is 1. The predicted molar refractivity (Wildman–Crippen MR) is 143 cm³/mol. The lowest BCUT2D eigenvalue weighted by Crippen LogP contribution is -2.36. The second kappa shape index (κ2) is 8.70. The Morgan fingerprint density at radius 3 is 2.71 bits per heavy atom. The molecule has 34 heavy (non-hydrogen) atoms. The molecule has 7 heteroatoms. The van der Waals surface area contributed by atoms with Crippen molar-refractivity contribution < 1.29 is 8.60 Å². The molecule has 2 aromatic carbocycles. The van der Waals surface area contributed by atoms with Crippen molar-refractivity contribution in [1.29, 1.82) is 5.26 Å². The minimum absolute atomic E-state index is 0.187. The molecule has 1 aliphatic carbocycles. The summed E-state index contributed by atoms with van der Waals surface area (Å²) in [6, 6.07) is 19.3. The molecule has 0 saturated heterocycles. The van der Waals surface area contributed by atoms with Crippen molar-refractivity contribution in [3.8, 4) is 28.5 Å². The molecule has 0 fully saturated rings. The molecule has 1 aliphatic rings. The van der Waals surface area contributed by atoms with Crippen LogP contribution in [0.1, 0.15) is 16.9 Å². The molecule has 4 aromatic rings. The zero-order valence-electron chi connectivity index (χ0n) is 18.3. The SMILES string of the molecule is C=S(=O)(c1ccc(C)cc1)n1c(-c2cccc(Br)c2)c(-c2ccsc2C#N)c2c1=CCC(F)C=2. The van der Waals surface area contributed by atoms with Crippen molar-refractivity contribution in [3.63, 3.8) is 0 Å². The molecule has 0 spiro atoms. The summed E-state index contributed by atoms with van der Waals surface area (Å²) < 4.78 is 31.8. The molecule has 2 unspecified atom stereocenters. The number of hydrogen-bond donors (Lipinski definition) is 0. The van der Waals surface area contributed by atoms with Crippen LogP contribution in [0.2, 0.25) is 0 Å². The number of thiophene rings is 1. The lowest BCUT2D eigenvalue weighted by Gasteiger charge is -2.18. The zero-order valence-corrected chi connectivity index (χ0v) is 21.5. The van der Waals surface area contributed by atoms with Crippen molar-refractivity contribution in [3.05, 3.63) is 85.5 Å². The Hall–Kier alpha value is -2.92. The first-order valence-electron chi connectivity index (χ1n) is 10.6. The van der Waals surface area contributed by atoms with Crippen molar-refractivity contribution in [2.24, 2.45) is 0 Å². The van der Waals surface area contributed by atoms with E-state index in [-0.39, 0.29) is 6.42 Å². The van der Waals surface area contributed by atoms with Crippen molar-refractivity contribution in [2.45, 2.75) is 24.4 Å². The van der Waals surface area contributed by atoms with Crippen LogP contribution in [0.5, 0.6) is 0 Å². The Balaban J connectivity index is 1.99. The Kier molecular flexibility index (Phi) is 5.85. The average Bonchev–Trinajstić information content (AvgIpc) is 3.41. The first-order chi connectivity index (χ1) is 16.3. The molecule has 0 N–H and O–H groups in total. The number of alkyl halides is 1. The summed E-state index contributed by atoms with van der Waals surface area (Å²) in [5, 5.41) is 12.9. The van der Waals surface area contributed by atoms with Crippen LogP contribution in [0.3, 0.4) is 0 Å². The van der Waals surface area contributed by atoms with Crippen LogP contribution in [0.25, 0.3) is 34.5 Å². The molecule has 2 aromatic heterocycles. The van der Waals surface area contributed by atoms with Gasteiger partial charge in [0.1, 0.15) is 17.1 Å². The molecular weight excluding hydrogens is 531 g/mol. The van der Waals surface area contributed by atoms with E-state index in [1.807, 2.05) is 66.9 Å². The van der Waals surface area contributed by atoms with E-state index in [1.165, 1.54) is 11.3 Å². The van der Waals surface area contributed by atoms with E-state index in [1.54, 1.807) is 16.1 Å². The molecule has 2 heterocycles. The highest BCUT2D eigenvalue weighted by Gasteiger charge is 2.27. The largest absolute Gasteiger partial charge is 0.263 e. The van der Waals surface area contributed by atoms with Gasteiger partial charge in [-0.3, -0.25) is 3.97 Å². The normalized spacial score (nSPS) is 16.6. The first-order valence-corrected chi connectivity index (χ1v) is 14.0. The average molecular weight is 552 g/mol. The third kappa shape index (κ3) is 3.76. The predicted octanol–water partition coefficient (Wildman–Crippen LogP) is 5.67. The van der Waals surface area contributed by atoms with Gasteiger partial charge in [0.05, 0.1) is 20.8 Å². The Morgan fingerprint density at radius 1 is 1.24 bits per heavy atom. The monoisotopic (exact) mass is 550 g/mol. The summed E-state index contributed by atoms with van der Waals surface area (Å²) in [6.45, 7) is 1.97. The fourth-order valence-electron chi connectivity index (χ4n) is 4.35. The molecule has 5 rings (SSSR count). The van der Waals surface area contributed by atoms with Gasteiger partial charge in [-0.25, -0.2) is 8.60 Å². The Morgan fingerprint density at radius 2 is 2.00 bits per heavy atom. The Labute approximate surface area is 210 Å². The van der Waals surface area contributed by atoms with E-state index in [0.29, 0.717) is 37.2 Å². The van der Waals surface area contributed by atoms with E-state index < -0.39 is 15.9 Å². The molecule has 0 aliphatic heterocycles. The number of hydrogen-bond acceptors (Lipinski definition) is 3. The number of aryl methyl sites for hydroxylation is 1. The number of halogens is 2. The van der Waals surface area contributed by atoms with Gasteiger partial charge < -0.3 is 0 Å². The van der Waals surface area contributed by atoms with Crippen molar-refractivity contribution in [1.82, 2.24) is 3.97 Å². The van der Waals surface area contributed by atoms with E-state index in [0.717, 1.165) is 15.6 Å². The van der Waals surface area contributed by atoms with E-state index in [4.69, 9.17) is 0 Å². The number of rotatable bonds is 4. The smallest absolute Gasteiger partial charge is 0.123 e. The van der Waals surface area contributed by atoms with Crippen LogP contribution >= 0.6 is 27.3 Å². The van der Waals surface area contributed by atoms with E-state index in [2.05, 4.69) is 27.9 Å². The molecular formula is C27H20BrFN2OS2. The van der Waals surface area contributed by atoms with E-state index >= 15 is 0 Å². The molecule has 3 nitrogen and oxygen atoms in total. The summed E-state index contributed by atoms with van der Waals surface area (Å²) in [7, 11) is -3.05. The van der Waals surface area contributed by atoms with Crippen LogP contribution in [-0.2, 0) is 9.71 Å². The lowest BCUT2D eigenvalue weighted by atomic mass is 9.98. The van der Waals surface area contributed by atoms with Crippen LogP contribution in [-0.4, -0.2) is 20.2 Å². The number of nitrogens with zero attached hydrogens (tertiary/aromatic N) is 2. The number of aromatic nitrogens is 1. The number of benzene rings is 2. The first kappa shape index (κ1) is 22.9. The summed E-state index contributed by atoms with van der Waals surface area (Å²) in [5.41, 5.74) is 3.92. The molecule has 0 bridgehead atoms. The van der Waals surface area contributed by atoms with Gasteiger partial charge in [0.2, 0.25) is 0 Å². The van der Waals surface area contributed by atoms with Crippen LogP contribution in [0.15, 0.2) is 69.3 Å². The summed E-state index contributed by atoms with van der Waals surface area (Å²) in [6.07, 6.45) is 2.39. The third-order valence-corrected chi connectivity index (χ3v) is 9.20. The summed E-state index contributed by atoms with van der Waals surface area (Å²) in [4.78, 5) is 1.11. The molecule has 0 amide bonds. The third-order valence-electron chi connectivity index (χ3n) is 5.91.